The van der Waals surface area contributed by atoms with Gasteiger partial charge in [-0.2, -0.15) is 0 Å². The van der Waals surface area contributed by atoms with Crippen LogP contribution in [0, 0.1) is 0 Å². The van der Waals surface area contributed by atoms with Crippen LogP contribution >= 0.6 is 0 Å². The predicted octanol–water partition coefficient (Wildman–Crippen LogP) is 1.49. The minimum absolute atomic E-state index is 0.113. The van der Waals surface area contributed by atoms with Crippen LogP contribution in [0.15, 0.2) is 0 Å². The Balaban J connectivity index is 2.47. The summed E-state index contributed by atoms with van der Waals surface area (Å²) < 4.78 is 0. The second kappa shape index (κ2) is 7.10. The van der Waals surface area contributed by atoms with E-state index in [4.69, 9.17) is 5.73 Å². The van der Waals surface area contributed by atoms with E-state index in [1.807, 2.05) is 20.8 Å². The van der Waals surface area contributed by atoms with Crippen molar-refractivity contribution in [3.8, 4) is 0 Å². The Morgan fingerprint density at radius 3 is 2.22 bits per heavy atom. The summed E-state index contributed by atoms with van der Waals surface area (Å²) in [5.74, 6) is 0.113. The Morgan fingerprint density at radius 2 is 1.78 bits per heavy atom. The van der Waals surface area contributed by atoms with Crippen molar-refractivity contribution in [1.82, 2.24) is 10.2 Å². The molecule has 0 bridgehead atoms. The van der Waals surface area contributed by atoms with Gasteiger partial charge in [0.25, 0.3) is 0 Å². The van der Waals surface area contributed by atoms with Crippen LogP contribution in [0.4, 0.5) is 0 Å². The summed E-state index contributed by atoms with van der Waals surface area (Å²) in [6.07, 6.45) is 5.60. The van der Waals surface area contributed by atoms with Gasteiger partial charge in [-0.15, -0.1) is 0 Å². The lowest BCUT2D eigenvalue weighted by Gasteiger charge is -2.30. The van der Waals surface area contributed by atoms with E-state index in [0.29, 0.717) is 13.0 Å². The first kappa shape index (κ1) is 15.4. The van der Waals surface area contributed by atoms with Crippen molar-refractivity contribution in [2.45, 2.75) is 64.5 Å². The molecule has 4 nitrogen and oxygen atoms in total. The van der Waals surface area contributed by atoms with Crippen molar-refractivity contribution < 1.29 is 4.79 Å². The summed E-state index contributed by atoms with van der Waals surface area (Å²) in [7, 11) is 0. The lowest BCUT2D eigenvalue weighted by Crippen LogP contribution is -2.47. The van der Waals surface area contributed by atoms with Gasteiger partial charge < -0.3 is 11.1 Å². The molecule has 1 unspecified atom stereocenters. The molecule has 0 radical (unpaired) electrons. The highest BCUT2D eigenvalue weighted by Gasteiger charge is 2.23. The predicted molar refractivity (Wildman–Crippen MR) is 75.4 cm³/mol. The van der Waals surface area contributed by atoms with Crippen LogP contribution in [0.3, 0.4) is 0 Å². The van der Waals surface area contributed by atoms with Crippen LogP contribution in [-0.2, 0) is 4.79 Å². The topological polar surface area (TPSA) is 58.4 Å². The normalized spacial score (nSPS) is 20.2. The largest absolute Gasteiger partial charge is 0.351 e. The SMILES string of the molecule is CC(C)(C)NC(=O)CC(CN)N1CCCCCC1. The maximum absolute atomic E-state index is 12.0. The van der Waals surface area contributed by atoms with Crippen LogP contribution < -0.4 is 11.1 Å². The molecular formula is C14H29N3O. The molecule has 0 aromatic rings. The summed E-state index contributed by atoms with van der Waals surface area (Å²) in [6.45, 7) is 8.77. The number of nitrogens with zero attached hydrogens (tertiary/aromatic N) is 1. The second-order valence-electron chi connectivity index (χ2n) is 6.34. The molecule has 0 aliphatic carbocycles. The van der Waals surface area contributed by atoms with Gasteiger partial charge in [0.15, 0.2) is 0 Å². The van der Waals surface area contributed by atoms with Crippen LogP contribution in [0.2, 0.25) is 0 Å². The fourth-order valence-corrected chi connectivity index (χ4v) is 2.51. The first-order valence-electron chi connectivity index (χ1n) is 7.17. The standard InChI is InChI=1S/C14H29N3O/c1-14(2,3)16-13(18)10-12(11-15)17-8-6-4-5-7-9-17/h12H,4-11,15H2,1-3H3,(H,16,18). The minimum Gasteiger partial charge on any atom is -0.351 e. The Bertz CT molecular complexity index is 252. The van der Waals surface area contributed by atoms with Gasteiger partial charge in [-0.3, -0.25) is 9.69 Å². The Kier molecular flexibility index (Phi) is 6.09. The van der Waals surface area contributed by atoms with E-state index in [1.165, 1.54) is 25.7 Å². The van der Waals surface area contributed by atoms with Gasteiger partial charge in [-0.05, 0) is 46.7 Å². The zero-order valence-electron chi connectivity index (χ0n) is 12.2. The molecule has 1 rings (SSSR count). The number of rotatable bonds is 4. The number of carbonyl (C=O) groups is 1. The molecule has 1 aliphatic heterocycles. The number of hydrogen-bond acceptors (Lipinski definition) is 3. The van der Waals surface area contributed by atoms with Crippen molar-refractivity contribution in [1.29, 1.82) is 0 Å². The maximum atomic E-state index is 12.0. The zero-order chi connectivity index (χ0) is 13.6. The lowest BCUT2D eigenvalue weighted by atomic mass is 10.1. The number of nitrogens with two attached hydrogens (primary N) is 1. The number of nitrogens with one attached hydrogen (secondary N) is 1. The molecule has 1 fully saturated rings. The van der Waals surface area contributed by atoms with E-state index < -0.39 is 0 Å². The molecule has 1 atom stereocenters. The molecule has 1 heterocycles. The molecule has 0 spiro atoms. The van der Waals surface area contributed by atoms with Crippen molar-refractivity contribution in [3.05, 3.63) is 0 Å². The summed E-state index contributed by atoms with van der Waals surface area (Å²) in [4.78, 5) is 14.4. The molecule has 3 N–H and O–H groups in total. The summed E-state index contributed by atoms with van der Waals surface area (Å²) in [5, 5.41) is 3.02. The molecule has 18 heavy (non-hydrogen) atoms. The highest BCUT2D eigenvalue weighted by Crippen LogP contribution is 2.14. The number of hydrogen-bond donors (Lipinski definition) is 2. The van der Waals surface area contributed by atoms with Gasteiger partial charge in [-0.1, -0.05) is 12.8 Å². The average molecular weight is 255 g/mol. The van der Waals surface area contributed by atoms with Gasteiger partial charge in [0, 0.05) is 24.5 Å². The zero-order valence-corrected chi connectivity index (χ0v) is 12.2. The first-order chi connectivity index (χ1) is 8.42. The summed E-state index contributed by atoms with van der Waals surface area (Å²) >= 11 is 0. The van der Waals surface area contributed by atoms with Crippen molar-refractivity contribution in [2.75, 3.05) is 19.6 Å². The quantitative estimate of drug-likeness (QED) is 0.800. The van der Waals surface area contributed by atoms with Gasteiger partial charge >= 0.3 is 0 Å². The Morgan fingerprint density at radius 1 is 1.22 bits per heavy atom. The van der Waals surface area contributed by atoms with Crippen LogP contribution in [0.25, 0.3) is 0 Å². The van der Waals surface area contributed by atoms with Gasteiger partial charge in [-0.25, -0.2) is 0 Å². The Labute approximate surface area is 111 Å². The molecule has 4 heteroatoms. The summed E-state index contributed by atoms with van der Waals surface area (Å²) in [5.41, 5.74) is 5.69. The average Bonchev–Trinajstić information content (AvgIpc) is 2.51. The van der Waals surface area contributed by atoms with Crippen molar-refractivity contribution in [2.24, 2.45) is 5.73 Å². The van der Waals surface area contributed by atoms with Gasteiger partial charge in [0.1, 0.15) is 0 Å². The smallest absolute Gasteiger partial charge is 0.222 e. The molecule has 106 valence electrons. The molecule has 0 saturated carbocycles. The highest BCUT2D eigenvalue weighted by molar-refractivity contribution is 5.77. The van der Waals surface area contributed by atoms with E-state index in [1.54, 1.807) is 0 Å². The molecule has 1 saturated heterocycles. The van der Waals surface area contributed by atoms with E-state index in [2.05, 4.69) is 10.2 Å². The minimum atomic E-state index is -0.158. The first-order valence-corrected chi connectivity index (χ1v) is 7.17. The number of likely N-dealkylation sites (tertiary alicyclic amines) is 1. The van der Waals surface area contributed by atoms with E-state index in [-0.39, 0.29) is 17.5 Å². The molecule has 0 aromatic heterocycles. The maximum Gasteiger partial charge on any atom is 0.222 e. The molecule has 1 amide bonds. The van der Waals surface area contributed by atoms with E-state index in [0.717, 1.165) is 13.1 Å². The van der Waals surface area contributed by atoms with Crippen molar-refractivity contribution in [3.63, 3.8) is 0 Å². The van der Waals surface area contributed by atoms with Crippen LogP contribution in [-0.4, -0.2) is 42.0 Å². The fourth-order valence-electron chi connectivity index (χ4n) is 2.51. The van der Waals surface area contributed by atoms with Gasteiger partial charge in [0.05, 0.1) is 0 Å². The molecule has 1 aliphatic rings. The second-order valence-corrected chi connectivity index (χ2v) is 6.34. The monoisotopic (exact) mass is 255 g/mol. The number of amides is 1. The third-order valence-corrected chi connectivity index (χ3v) is 3.36. The third kappa shape index (κ3) is 5.83. The van der Waals surface area contributed by atoms with E-state index in [9.17, 15) is 4.79 Å². The highest BCUT2D eigenvalue weighted by atomic mass is 16.1. The van der Waals surface area contributed by atoms with Crippen molar-refractivity contribution >= 4 is 5.91 Å². The van der Waals surface area contributed by atoms with Gasteiger partial charge in [0.2, 0.25) is 5.91 Å². The number of carbonyl (C=O) groups excluding carboxylic acids is 1. The molecule has 0 aromatic carbocycles. The third-order valence-electron chi connectivity index (χ3n) is 3.36. The van der Waals surface area contributed by atoms with Crippen LogP contribution in [0.5, 0.6) is 0 Å². The van der Waals surface area contributed by atoms with Crippen LogP contribution in [0.1, 0.15) is 52.9 Å². The lowest BCUT2D eigenvalue weighted by molar-refractivity contribution is -0.123. The van der Waals surface area contributed by atoms with E-state index >= 15 is 0 Å². The molecular weight excluding hydrogens is 226 g/mol. The Hall–Kier alpha value is -0.610. The fraction of sp³-hybridized carbons (Fsp3) is 0.929. The summed E-state index contributed by atoms with van der Waals surface area (Å²) in [6, 6.07) is 0.199.